The van der Waals surface area contributed by atoms with Crippen LogP contribution >= 0.6 is 0 Å². The zero-order valence-electron chi connectivity index (χ0n) is 11.0. The lowest BCUT2D eigenvalue weighted by Crippen LogP contribution is -2.29. The van der Waals surface area contributed by atoms with Gasteiger partial charge in [-0.25, -0.2) is 4.79 Å². The molecule has 0 atom stereocenters. The van der Waals surface area contributed by atoms with E-state index >= 15 is 0 Å². The fourth-order valence-corrected chi connectivity index (χ4v) is 1.45. The second-order valence-corrected chi connectivity index (χ2v) is 3.95. The molecule has 0 unspecified atom stereocenters. The summed E-state index contributed by atoms with van der Waals surface area (Å²) in [6.45, 7) is 1.27. The van der Waals surface area contributed by atoms with Crippen LogP contribution in [0.4, 0.5) is 18.0 Å². The molecular formula is C13H16F3NO3. The van der Waals surface area contributed by atoms with Crippen LogP contribution in [0.25, 0.3) is 0 Å². The third kappa shape index (κ3) is 6.42. The van der Waals surface area contributed by atoms with Crippen LogP contribution in [-0.2, 0) is 22.6 Å². The van der Waals surface area contributed by atoms with Gasteiger partial charge in [-0.3, -0.25) is 0 Å². The first kappa shape index (κ1) is 16.3. The van der Waals surface area contributed by atoms with Crippen molar-refractivity contribution in [1.29, 1.82) is 0 Å². The predicted octanol–water partition coefficient (Wildman–Crippen LogP) is 3.01. The number of benzene rings is 1. The molecule has 0 aliphatic carbocycles. The molecule has 20 heavy (non-hydrogen) atoms. The molecule has 0 radical (unpaired) electrons. The molecule has 0 spiro atoms. The van der Waals surface area contributed by atoms with Crippen molar-refractivity contribution in [3.05, 3.63) is 35.4 Å². The van der Waals surface area contributed by atoms with Gasteiger partial charge < -0.3 is 14.8 Å². The molecule has 0 bridgehead atoms. The molecule has 0 aliphatic heterocycles. The first-order valence-corrected chi connectivity index (χ1v) is 6.04. The van der Waals surface area contributed by atoms with Crippen molar-refractivity contribution in [3.63, 3.8) is 0 Å². The molecular weight excluding hydrogens is 275 g/mol. The monoisotopic (exact) mass is 291 g/mol. The van der Waals surface area contributed by atoms with Crippen molar-refractivity contribution in [2.75, 3.05) is 13.2 Å². The lowest BCUT2D eigenvalue weighted by Gasteiger charge is -2.11. The Bertz CT molecular complexity index is 435. The molecule has 7 heteroatoms. The van der Waals surface area contributed by atoms with Gasteiger partial charge in [0.25, 0.3) is 0 Å². The molecule has 1 rings (SSSR count). The molecule has 0 heterocycles. The molecule has 0 saturated heterocycles. The second-order valence-electron chi connectivity index (χ2n) is 3.95. The molecule has 1 N–H and O–H groups in total. The van der Waals surface area contributed by atoms with Crippen molar-refractivity contribution in [1.82, 2.24) is 5.32 Å². The van der Waals surface area contributed by atoms with Gasteiger partial charge in [-0.15, -0.1) is 0 Å². The van der Waals surface area contributed by atoms with Crippen LogP contribution < -0.4 is 5.32 Å². The summed E-state index contributed by atoms with van der Waals surface area (Å²) in [6.07, 6.45) is -5.63. The lowest BCUT2D eigenvalue weighted by atomic mass is 10.1. The largest absolute Gasteiger partial charge is 0.440 e. The number of amides is 1. The van der Waals surface area contributed by atoms with E-state index in [9.17, 15) is 18.0 Å². The highest BCUT2D eigenvalue weighted by molar-refractivity contribution is 5.67. The Morgan fingerprint density at radius 2 is 1.90 bits per heavy atom. The Morgan fingerprint density at radius 1 is 1.25 bits per heavy atom. The molecule has 1 aromatic carbocycles. The van der Waals surface area contributed by atoms with Crippen LogP contribution in [0.1, 0.15) is 18.1 Å². The number of hydrogen-bond acceptors (Lipinski definition) is 3. The first-order valence-electron chi connectivity index (χ1n) is 6.04. The van der Waals surface area contributed by atoms with Gasteiger partial charge in [-0.2, -0.15) is 13.2 Å². The van der Waals surface area contributed by atoms with Crippen molar-refractivity contribution >= 4 is 6.09 Å². The number of halogens is 3. The quantitative estimate of drug-likeness (QED) is 0.876. The number of rotatable bonds is 6. The average molecular weight is 291 g/mol. The summed E-state index contributed by atoms with van der Waals surface area (Å²) in [7, 11) is 0. The summed E-state index contributed by atoms with van der Waals surface area (Å²) in [5.74, 6) is 0. The van der Waals surface area contributed by atoms with Crippen LogP contribution in [0.2, 0.25) is 0 Å². The van der Waals surface area contributed by atoms with Crippen molar-refractivity contribution < 1.29 is 27.4 Å². The highest BCUT2D eigenvalue weighted by Gasteiger charge is 2.29. The normalized spacial score (nSPS) is 11.2. The Balaban J connectivity index is 2.46. The Kier molecular flexibility index (Phi) is 6.30. The van der Waals surface area contributed by atoms with Gasteiger partial charge in [0, 0.05) is 13.2 Å². The minimum Gasteiger partial charge on any atom is -0.440 e. The van der Waals surface area contributed by atoms with E-state index in [4.69, 9.17) is 4.74 Å². The van der Waals surface area contributed by atoms with Crippen molar-refractivity contribution in [3.8, 4) is 0 Å². The number of alkyl halides is 3. The zero-order valence-corrected chi connectivity index (χ0v) is 11.0. The number of carbonyl (C=O) groups excluding carboxylic acids is 1. The molecule has 4 nitrogen and oxygen atoms in total. The fourth-order valence-electron chi connectivity index (χ4n) is 1.45. The van der Waals surface area contributed by atoms with Gasteiger partial charge >= 0.3 is 12.3 Å². The van der Waals surface area contributed by atoms with Gasteiger partial charge in [0.15, 0.2) is 6.61 Å². The number of nitrogens with one attached hydrogen (secondary N) is 1. The van der Waals surface area contributed by atoms with Gasteiger partial charge in [0.2, 0.25) is 0 Å². The summed E-state index contributed by atoms with van der Waals surface area (Å²) in [5, 5.41) is 2.27. The van der Waals surface area contributed by atoms with Crippen molar-refractivity contribution in [2.45, 2.75) is 26.3 Å². The van der Waals surface area contributed by atoms with E-state index in [1.807, 2.05) is 19.1 Å². The second kappa shape index (κ2) is 7.74. The maximum atomic E-state index is 11.9. The minimum absolute atomic E-state index is 0.0833. The van der Waals surface area contributed by atoms with E-state index in [-0.39, 0.29) is 6.54 Å². The molecule has 1 aromatic rings. The topological polar surface area (TPSA) is 47.6 Å². The van der Waals surface area contributed by atoms with Crippen LogP contribution in [0.3, 0.4) is 0 Å². The van der Waals surface area contributed by atoms with E-state index in [1.54, 1.807) is 12.1 Å². The van der Waals surface area contributed by atoms with E-state index in [0.29, 0.717) is 13.2 Å². The lowest BCUT2D eigenvalue weighted by molar-refractivity contribution is -0.160. The minimum atomic E-state index is -4.52. The average Bonchev–Trinajstić information content (AvgIpc) is 2.40. The third-order valence-electron chi connectivity index (χ3n) is 2.37. The first-order chi connectivity index (χ1) is 9.42. The molecule has 112 valence electrons. The van der Waals surface area contributed by atoms with Crippen molar-refractivity contribution in [2.24, 2.45) is 0 Å². The molecule has 0 saturated carbocycles. The summed E-state index contributed by atoms with van der Waals surface area (Å²) < 4.78 is 44.9. The molecule has 0 aromatic heterocycles. The van der Waals surface area contributed by atoms with Crippen LogP contribution in [0, 0.1) is 0 Å². The van der Waals surface area contributed by atoms with E-state index in [2.05, 4.69) is 10.1 Å². The number of hydrogen-bond donors (Lipinski definition) is 1. The third-order valence-corrected chi connectivity index (χ3v) is 2.37. The Morgan fingerprint density at radius 3 is 2.50 bits per heavy atom. The maximum Gasteiger partial charge on any atom is 0.422 e. The van der Waals surface area contributed by atoms with Gasteiger partial charge in [-0.05, 0) is 18.1 Å². The fraction of sp³-hybridized carbons (Fsp3) is 0.462. The molecule has 0 fully saturated rings. The molecule has 0 aliphatic rings. The number of alkyl carbamates (subject to hydrolysis) is 1. The predicted molar refractivity (Wildman–Crippen MR) is 66.0 cm³/mol. The summed E-state index contributed by atoms with van der Waals surface area (Å²) in [5.41, 5.74) is 1.63. The Labute approximate surface area is 114 Å². The van der Waals surface area contributed by atoms with Gasteiger partial charge in [-0.1, -0.05) is 24.3 Å². The smallest absolute Gasteiger partial charge is 0.422 e. The summed E-state index contributed by atoms with van der Waals surface area (Å²) in [6, 6.07) is 7.18. The highest BCUT2D eigenvalue weighted by Crippen LogP contribution is 2.14. The summed E-state index contributed by atoms with van der Waals surface area (Å²) >= 11 is 0. The molecule has 1 amide bonds. The van der Waals surface area contributed by atoms with Crippen LogP contribution in [0.15, 0.2) is 24.3 Å². The van der Waals surface area contributed by atoms with E-state index < -0.39 is 18.9 Å². The van der Waals surface area contributed by atoms with Crippen LogP contribution in [0.5, 0.6) is 0 Å². The number of ether oxygens (including phenoxy) is 2. The highest BCUT2D eigenvalue weighted by atomic mass is 19.4. The standard InChI is InChI=1S/C13H16F3NO3/c1-2-19-8-11-6-4-3-5-10(11)7-17-12(18)20-9-13(14,15)16/h3-6H,2,7-9H2,1H3,(H,17,18). The van der Waals surface area contributed by atoms with E-state index in [1.165, 1.54) is 0 Å². The number of carbonyl (C=O) groups is 1. The summed E-state index contributed by atoms with van der Waals surface area (Å²) in [4.78, 5) is 11.1. The Hall–Kier alpha value is -1.76. The maximum absolute atomic E-state index is 11.9. The van der Waals surface area contributed by atoms with Gasteiger partial charge in [0.1, 0.15) is 0 Å². The SMILES string of the molecule is CCOCc1ccccc1CNC(=O)OCC(F)(F)F. The van der Waals surface area contributed by atoms with E-state index in [0.717, 1.165) is 11.1 Å². The zero-order chi connectivity index (χ0) is 15.0. The van der Waals surface area contributed by atoms with Gasteiger partial charge in [0.05, 0.1) is 6.61 Å². The van der Waals surface area contributed by atoms with Crippen LogP contribution in [-0.4, -0.2) is 25.5 Å².